The molecule has 2 rings (SSSR count). The fourth-order valence-corrected chi connectivity index (χ4v) is 3.45. The van der Waals surface area contributed by atoms with Crippen LogP contribution in [0.15, 0.2) is 48.5 Å². The van der Waals surface area contributed by atoms with Crippen LogP contribution in [-0.4, -0.2) is 28.9 Å². The molecule has 160 valence electrons. The number of amides is 1. The number of nitrogens with zero attached hydrogens (tertiary/aromatic N) is 1. The van der Waals surface area contributed by atoms with Gasteiger partial charge in [0.1, 0.15) is 0 Å². The van der Waals surface area contributed by atoms with Gasteiger partial charge in [0.05, 0.1) is 0 Å². The van der Waals surface area contributed by atoms with E-state index in [4.69, 9.17) is 5.11 Å². The van der Waals surface area contributed by atoms with Crippen LogP contribution in [0, 0.1) is 6.92 Å². The lowest BCUT2D eigenvalue weighted by atomic mass is 9.97. The fraction of sp³-hybridized carbons (Fsp3) is 0.385. The number of carbonyl (C=O) groups excluding carboxylic acids is 1. The number of benzene rings is 2. The number of rotatable bonds is 11. The molecule has 0 atom stereocenters. The SMILES string of the molecule is CCCCCCCC(=O)N(C)Cc1ccc(C)c(-c2ccc(/C=C/C(=O)O)cc2)c1. The molecule has 0 spiro atoms. The first-order valence-corrected chi connectivity index (χ1v) is 10.8. The Morgan fingerprint density at radius 3 is 2.37 bits per heavy atom. The third-order valence-corrected chi connectivity index (χ3v) is 5.28. The van der Waals surface area contributed by atoms with Crippen molar-refractivity contribution in [3.63, 3.8) is 0 Å². The first kappa shape index (κ1) is 23.4. The number of carbonyl (C=O) groups is 2. The van der Waals surface area contributed by atoms with E-state index in [-0.39, 0.29) is 5.91 Å². The smallest absolute Gasteiger partial charge is 0.328 e. The van der Waals surface area contributed by atoms with Crippen molar-refractivity contribution in [2.24, 2.45) is 0 Å². The number of aryl methyl sites for hydroxylation is 1. The topological polar surface area (TPSA) is 57.6 Å². The van der Waals surface area contributed by atoms with Gasteiger partial charge in [-0.1, -0.05) is 69.0 Å². The third kappa shape index (κ3) is 7.51. The van der Waals surface area contributed by atoms with Gasteiger partial charge >= 0.3 is 5.97 Å². The number of hydrogen-bond acceptors (Lipinski definition) is 2. The van der Waals surface area contributed by atoms with E-state index >= 15 is 0 Å². The summed E-state index contributed by atoms with van der Waals surface area (Å²) in [7, 11) is 1.87. The molecule has 0 radical (unpaired) electrons. The summed E-state index contributed by atoms with van der Waals surface area (Å²) >= 11 is 0. The van der Waals surface area contributed by atoms with Gasteiger partial charge in [0, 0.05) is 26.1 Å². The van der Waals surface area contributed by atoms with Crippen LogP contribution in [0.3, 0.4) is 0 Å². The number of carboxylic acids is 1. The third-order valence-electron chi connectivity index (χ3n) is 5.28. The van der Waals surface area contributed by atoms with Gasteiger partial charge in [-0.25, -0.2) is 4.79 Å². The Balaban J connectivity index is 2.02. The first-order valence-electron chi connectivity index (χ1n) is 10.8. The molecule has 0 bridgehead atoms. The molecule has 1 N–H and O–H groups in total. The van der Waals surface area contributed by atoms with E-state index in [1.54, 1.807) is 6.08 Å². The van der Waals surface area contributed by atoms with E-state index in [1.165, 1.54) is 19.3 Å². The number of unbranched alkanes of at least 4 members (excludes halogenated alkanes) is 4. The van der Waals surface area contributed by atoms with Gasteiger partial charge in [-0.2, -0.15) is 0 Å². The van der Waals surface area contributed by atoms with Crippen molar-refractivity contribution in [1.82, 2.24) is 4.90 Å². The Labute approximate surface area is 180 Å². The zero-order valence-electron chi connectivity index (χ0n) is 18.4. The molecule has 30 heavy (non-hydrogen) atoms. The number of aliphatic carboxylic acids is 1. The van der Waals surface area contributed by atoms with Gasteiger partial charge in [0.25, 0.3) is 0 Å². The van der Waals surface area contributed by atoms with Crippen molar-refractivity contribution in [2.75, 3.05) is 7.05 Å². The molecule has 0 aliphatic carbocycles. The summed E-state index contributed by atoms with van der Waals surface area (Å²) < 4.78 is 0. The largest absolute Gasteiger partial charge is 0.478 e. The molecule has 0 unspecified atom stereocenters. The zero-order valence-corrected chi connectivity index (χ0v) is 18.4. The molecule has 2 aromatic rings. The second-order valence-corrected chi connectivity index (χ2v) is 7.86. The standard InChI is InChI=1S/C26H33NO3/c1-4-5-6-7-8-9-25(28)27(3)19-22-11-10-20(2)24(18-22)23-15-12-21(13-16-23)14-17-26(29)30/h10-18H,4-9,19H2,1-3H3,(H,29,30)/b17-14+. The van der Waals surface area contributed by atoms with Gasteiger partial charge in [0.2, 0.25) is 5.91 Å². The molecule has 0 aliphatic heterocycles. The van der Waals surface area contributed by atoms with E-state index in [9.17, 15) is 9.59 Å². The van der Waals surface area contributed by atoms with Gasteiger partial charge in [-0.15, -0.1) is 0 Å². The molecule has 0 saturated heterocycles. The molecule has 0 aliphatic rings. The van der Waals surface area contributed by atoms with Crippen LogP contribution in [0.25, 0.3) is 17.2 Å². The van der Waals surface area contributed by atoms with Gasteiger partial charge < -0.3 is 10.0 Å². The van der Waals surface area contributed by atoms with Crippen molar-refractivity contribution < 1.29 is 14.7 Å². The highest BCUT2D eigenvalue weighted by atomic mass is 16.4. The minimum atomic E-state index is -0.956. The predicted molar refractivity (Wildman–Crippen MR) is 123 cm³/mol. The van der Waals surface area contributed by atoms with E-state index < -0.39 is 5.97 Å². The Morgan fingerprint density at radius 2 is 1.70 bits per heavy atom. The molecule has 0 aromatic heterocycles. The summed E-state index contributed by atoms with van der Waals surface area (Å²) in [5, 5.41) is 8.75. The van der Waals surface area contributed by atoms with Crippen LogP contribution in [0.5, 0.6) is 0 Å². The molecule has 0 saturated carbocycles. The maximum Gasteiger partial charge on any atom is 0.328 e. The molecule has 4 nitrogen and oxygen atoms in total. The molecule has 1 amide bonds. The lowest BCUT2D eigenvalue weighted by Gasteiger charge is -2.18. The maximum atomic E-state index is 12.4. The van der Waals surface area contributed by atoms with Crippen molar-refractivity contribution in [2.45, 2.75) is 58.9 Å². The maximum absolute atomic E-state index is 12.4. The summed E-state index contributed by atoms with van der Waals surface area (Å²) in [5.74, 6) is -0.759. The Morgan fingerprint density at radius 1 is 1.00 bits per heavy atom. The van der Waals surface area contributed by atoms with Gasteiger partial charge in [-0.3, -0.25) is 4.79 Å². The van der Waals surface area contributed by atoms with Crippen LogP contribution in [-0.2, 0) is 16.1 Å². The van der Waals surface area contributed by atoms with E-state index in [0.717, 1.165) is 46.7 Å². The quantitative estimate of drug-likeness (QED) is 0.363. The van der Waals surface area contributed by atoms with Crippen LogP contribution < -0.4 is 0 Å². The van der Waals surface area contributed by atoms with Crippen molar-refractivity contribution >= 4 is 18.0 Å². The van der Waals surface area contributed by atoms with Gasteiger partial charge in [0.15, 0.2) is 0 Å². The lowest BCUT2D eigenvalue weighted by molar-refractivity contribution is -0.131. The average Bonchev–Trinajstić information content (AvgIpc) is 2.73. The summed E-state index contributed by atoms with van der Waals surface area (Å²) in [6.07, 6.45) is 9.09. The summed E-state index contributed by atoms with van der Waals surface area (Å²) in [4.78, 5) is 24.9. The second-order valence-electron chi connectivity index (χ2n) is 7.86. The highest BCUT2D eigenvalue weighted by molar-refractivity contribution is 5.85. The summed E-state index contributed by atoms with van der Waals surface area (Å²) in [6, 6.07) is 14.1. The minimum absolute atomic E-state index is 0.197. The lowest BCUT2D eigenvalue weighted by Crippen LogP contribution is -2.25. The van der Waals surface area contributed by atoms with Crippen LogP contribution in [0.2, 0.25) is 0 Å². The predicted octanol–water partition coefficient (Wildman–Crippen LogP) is 6.08. The molecular weight excluding hydrogens is 374 g/mol. The van der Waals surface area contributed by atoms with Gasteiger partial charge in [-0.05, 0) is 53.3 Å². The molecule has 4 heteroatoms. The van der Waals surface area contributed by atoms with Crippen LogP contribution in [0.4, 0.5) is 0 Å². The monoisotopic (exact) mass is 407 g/mol. The Hall–Kier alpha value is -2.88. The Kier molecular flexibility index (Phi) is 9.33. The fourth-order valence-electron chi connectivity index (χ4n) is 3.45. The molecule has 0 heterocycles. The van der Waals surface area contributed by atoms with Crippen molar-refractivity contribution in [1.29, 1.82) is 0 Å². The highest BCUT2D eigenvalue weighted by Crippen LogP contribution is 2.26. The number of hydrogen-bond donors (Lipinski definition) is 1. The van der Waals surface area contributed by atoms with Crippen LogP contribution >= 0.6 is 0 Å². The average molecular weight is 408 g/mol. The van der Waals surface area contributed by atoms with Crippen LogP contribution in [0.1, 0.15) is 62.1 Å². The number of carboxylic acid groups (broad SMARTS) is 1. The van der Waals surface area contributed by atoms with E-state index in [1.807, 2.05) is 36.2 Å². The summed E-state index contributed by atoms with van der Waals surface area (Å²) in [5.41, 5.74) is 5.32. The van der Waals surface area contributed by atoms with Crippen molar-refractivity contribution in [3.05, 3.63) is 65.2 Å². The van der Waals surface area contributed by atoms with E-state index in [0.29, 0.717) is 13.0 Å². The second kappa shape index (κ2) is 12.0. The Bertz CT molecular complexity index is 868. The molecular formula is C26H33NO3. The summed E-state index contributed by atoms with van der Waals surface area (Å²) in [6.45, 7) is 4.86. The first-order chi connectivity index (χ1) is 14.4. The van der Waals surface area contributed by atoms with Crippen molar-refractivity contribution in [3.8, 4) is 11.1 Å². The normalized spacial score (nSPS) is 11.0. The van der Waals surface area contributed by atoms with E-state index in [2.05, 4.69) is 32.0 Å². The zero-order chi connectivity index (χ0) is 21.9. The molecule has 2 aromatic carbocycles. The highest BCUT2D eigenvalue weighted by Gasteiger charge is 2.11. The molecule has 0 fully saturated rings. The minimum Gasteiger partial charge on any atom is -0.478 e.